The molecule has 1 heterocycles. The number of aliphatic carboxylic acids is 1. The summed E-state index contributed by atoms with van der Waals surface area (Å²) >= 11 is 6.13. The second-order valence-corrected chi connectivity index (χ2v) is 7.31. The Kier molecular flexibility index (Phi) is 4.03. The summed E-state index contributed by atoms with van der Waals surface area (Å²) in [5, 5.41) is 12.4. The van der Waals surface area contributed by atoms with E-state index in [0.29, 0.717) is 23.7 Å². The van der Waals surface area contributed by atoms with Crippen molar-refractivity contribution >= 4 is 35.1 Å². The predicted octanol–water partition coefficient (Wildman–Crippen LogP) is 1.92. The van der Waals surface area contributed by atoms with Crippen LogP contribution in [0.5, 0.6) is 0 Å². The third kappa shape index (κ3) is 2.65. The van der Waals surface area contributed by atoms with E-state index in [0.717, 1.165) is 0 Å². The molecule has 3 atom stereocenters. The lowest BCUT2D eigenvalue weighted by Crippen LogP contribution is -2.43. The summed E-state index contributed by atoms with van der Waals surface area (Å²) in [7, 11) is 0. The highest BCUT2D eigenvalue weighted by molar-refractivity contribution is 6.34. The highest BCUT2D eigenvalue weighted by atomic mass is 35.5. The summed E-state index contributed by atoms with van der Waals surface area (Å²) in [6, 6.07) is 6.41. The fourth-order valence-electron chi connectivity index (χ4n) is 3.57. The fourth-order valence-corrected chi connectivity index (χ4v) is 3.81. The van der Waals surface area contributed by atoms with E-state index < -0.39 is 29.3 Å². The minimum Gasteiger partial charge on any atom is -0.481 e. The first-order valence-corrected chi connectivity index (χ1v) is 8.22. The second kappa shape index (κ2) is 5.77. The van der Waals surface area contributed by atoms with E-state index in [-0.39, 0.29) is 11.8 Å². The number of nitrogens with one attached hydrogen (secondary N) is 1. The van der Waals surface area contributed by atoms with Crippen molar-refractivity contribution in [3.8, 4) is 0 Å². The molecule has 0 spiro atoms. The molecule has 1 aliphatic heterocycles. The average molecular weight is 351 g/mol. The van der Waals surface area contributed by atoms with Gasteiger partial charge in [-0.1, -0.05) is 37.6 Å². The van der Waals surface area contributed by atoms with Gasteiger partial charge in [0.25, 0.3) is 0 Å². The molecule has 1 aromatic carbocycles. The number of nitrogens with zero attached hydrogens (tertiary/aromatic N) is 1. The number of rotatable bonds is 4. The molecule has 0 radical (unpaired) electrons. The minimum atomic E-state index is -0.976. The Morgan fingerprint density at radius 1 is 1.29 bits per heavy atom. The van der Waals surface area contributed by atoms with Crippen LogP contribution in [0.2, 0.25) is 5.02 Å². The molecule has 1 unspecified atom stereocenters. The highest BCUT2D eigenvalue weighted by Gasteiger charge is 2.66. The van der Waals surface area contributed by atoms with Crippen LogP contribution in [0.3, 0.4) is 0 Å². The molecule has 24 heavy (non-hydrogen) atoms. The number of anilines is 1. The SMILES string of the molecule is CC1(C)[C@H](C(=O)O)[C@@H]1C(=O)NC1CCN(c2ccccc2Cl)C1=O. The molecule has 6 nitrogen and oxygen atoms in total. The summed E-state index contributed by atoms with van der Waals surface area (Å²) < 4.78 is 0. The molecule has 1 saturated heterocycles. The fraction of sp³-hybridized carbons (Fsp3) is 0.471. The molecule has 1 saturated carbocycles. The molecule has 2 amide bonds. The van der Waals surface area contributed by atoms with Gasteiger partial charge in [0.1, 0.15) is 6.04 Å². The van der Waals surface area contributed by atoms with Crippen LogP contribution < -0.4 is 10.2 Å². The first-order chi connectivity index (χ1) is 11.2. The van der Waals surface area contributed by atoms with E-state index in [1.54, 1.807) is 43.0 Å². The lowest BCUT2D eigenvalue weighted by Gasteiger charge is -2.18. The average Bonchev–Trinajstić information content (AvgIpc) is 2.94. The highest BCUT2D eigenvalue weighted by Crippen LogP contribution is 2.58. The Balaban J connectivity index is 1.68. The van der Waals surface area contributed by atoms with Gasteiger partial charge in [0.2, 0.25) is 11.8 Å². The molecule has 0 aromatic heterocycles. The third-order valence-corrected chi connectivity index (χ3v) is 5.36. The van der Waals surface area contributed by atoms with Crippen LogP contribution in [0.25, 0.3) is 0 Å². The summed E-state index contributed by atoms with van der Waals surface area (Å²) in [6.07, 6.45) is 0.473. The van der Waals surface area contributed by atoms with Gasteiger partial charge in [-0.3, -0.25) is 14.4 Å². The Hall–Kier alpha value is -2.08. The monoisotopic (exact) mass is 350 g/mol. The van der Waals surface area contributed by atoms with Gasteiger partial charge in [-0.25, -0.2) is 0 Å². The zero-order valence-electron chi connectivity index (χ0n) is 13.5. The molecule has 0 bridgehead atoms. The van der Waals surface area contributed by atoms with Crippen LogP contribution in [0.4, 0.5) is 5.69 Å². The van der Waals surface area contributed by atoms with Crippen molar-refractivity contribution < 1.29 is 19.5 Å². The Morgan fingerprint density at radius 3 is 2.54 bits per heavy atom. The van der Waals surface area contributed by atoms with Crippen molar-refractivity contribution in [2.24, 2.45) is 17.3 Å². The Morgan fingerprint density at radius 2 is 1.96 bits per heavy atom. The summed E-state index contributed by atoms with van der Waals surface area (Å²) in [5.41, 5.74) is 0.0380. The van der Waals surface area contributed by atoms with Gasteiger partial charge in [0.05, 0.1) is 22.5 Å². The van der Waals surface area contributed by atoms with Crippen LogP contribution in [-0.4, -0.2) is 35.5 Å². The first kappa shape index (κ1) is 16.8. The Labute approximate surface area is 144 Å². The normalized spacial score (nSPS) is 27.9. The number of halogens is 1. The van der Waals surface area contributed by atoms with E-state index in [2.05, 4.69) is 5.32 Å². The number of hydrogen-bond donors (Lipinski definition) is 2. The lowest BCUT2D eigenvalue weighted by molar-refractivity contribution is -0.140. The van der Waals surface area contributed by atoms with Gasteiger partial charge in [0.15, 0.2) is 0 Å². The molecule has 3 rings (SSSR count). The van der Waals surface area contributed by atoms with Crippen LogP contribution in [0.1, 0.15) is 20.3 Å². The molecule has 1 aromatic rings. The molecule has 2 aliphatic rings. The molecule has 2 fully saturated rings. The zero-order chi connectivity index (χ0) is 17.6. The van der Waals surface area contributed by atoms with E-state index >= 15 is 0 Å². The number of carboxylic acids is 1. The first-order valence-electron chi connectivity index (χ1n) is 7.84. The minimum absolute atomic E-state index is 0.221. The smallest absolute Gasteiger partial charge is 0.307 e. The maximum atomic E-state index is 12.5. The maximum Gasteiger partial charge on any atom is 0.307 e. The van der Waals surface area contributed by atoms with Crippen molar-refractivity contribution in [1.82, 2.24) is 5.32 Å². The summed E-state index contributed by atoms with van der Waals surface area (Å²) in [4.78, 5) is 37.7. The maximum absolute atomic E-state index is 12.5. The lowest BCUT2D eigenvalue weighted by atomic mass is 10.1. The molecule has 1 aliphatic carbocycles. The number of benzene rings is 1. The van der Waals surface area contributed by atoms with Gasteiger partial charge in [0, 0.05) is 6.54 Å². The molecule has 2 N–H and O–H groups in total. The van der Waals surface area contributed by atoms with Crippen molar-refractivity contribution in [1.29, 1.82) is 0 Å². The van der Waals surface area contributed by atoms with Gasteiger partial charge in [-0.15, -0.1) is 0 Å². The topological polar surface area (TPSA) is 86.7 Å². The second-order valence-electron chi connectivity index (χ2n) is 6.91. The van der Waals surface area contributed by atoms with E-state index in [9.17, 15) is 19.5 Å². The summed E-state index contributed by atoms with van der Waals surface area (Å²) in [5.74, 6) is -2.87. The van der Waals surface area contributed by atoms with Gasteiger partial charge >= 0.3 is 5.97 Å². The molecule has 7 heteroatoms. The Bertz CT molecular complexity index is 718. The standard InChI is InChI=1S/C17H19ClN2O4/c1-17(2)12(13(17)16(23)24)14(21)19-10-7-8-20(15(10)22)11-6-4-3-5-9(11)18/h3-6,10,12-13H,7-8H2,1-2H3,(H,19,21)(H,23,24)/t10?,12-,13+/m1/s1. The largest absolute Gasteiger partial charge is 0.481 e. The van der Waals surface area contributed by atoms with Crippen molar-refractivity contribution in [3.05, 3.63) is 29.3 Å². The summed E-state index contributed by atoms with van der Waals surface area (Å²) in [6.45, 7) is 3.97. The van der Waals surface area contributed by atoms with Crippen LogP contribution in [-0.2, 0) is 14.4 Å². The number of carbonyl (C=O) groups is 3. The molecular formula is C17H19ClN2O4. The van der Waals surface area contributed by atoms with Crippen LogP contribution >= 0.6 is 11.6 Å². The number of carbonyl (C=O) groups excluding carboxylic acids is 2. The van der Waals surface area contributed by atoms with Crippen LogP contribution in [0, 0.1) is 17.3 Å². The number of hydrogen-bond acceptors (Lipinski definition) is 3. The van der Waals surface area contributed by atoms with Crippen molar-refractivity contribution in [2.45, 2.75) is 26.3 Å². The number of amides is 2. The van der Waals surface area contributed by atoms with Gasteiger partial charge < -0.3 is 15.3 Å². The predicted molar refractivity (Wildman–Crippen MR) is 88.7 cm³/mol. The van der Waals surface area contributed by atoms with E-state index in [1.807, 2.05) is 0 Å². The number of para-hydroxylation sites is 1. The zero-order valence-corrected chi connectivity index (χ0v) is 14.2. The molecule has 128 valence electrons. The van der Waals surface area contributed by atoms with E-state index in [4.69, 9.17) is 11.6 Å². The molecular weight excluding hydrogens is 332 g/mol. The number of carboxylic acid groups (broad SMARTS) is 1. The third-order valence-electron chi connectivity index (χ3n) is 5.04. The van der Waals surface area contributed by atoms with Gasteiger partial charge in [-0.05, 0) is 24.0 Å². The van der Waals surface area contributed by atoms with Gasteiger partial charge in [-0.2, -0.15) is 0 Å². The van der Waals surface area contributed by atoms with Crippen molar-refractivity contribution in [3.63, 3.8) is 0 Å². The van der Waals surface area contributed by atoms with Crippen molar-refractivity contribution in [2.75, 3.05) is 11.4 Å². The quantitative estimate of drug-likeness (QED) is 0.868. The van der Waals surface area contributed by atoms with E-state index in [1.165, 1.54) is 0 Å². The van der Waals surface area contributed by atoms with Crippen LogP contribution in [0.15, 0.2) is 24.3 Å².